The fourth-order valence-corrected chi connectivity index (χ4v) is 8.35. The number of nitrogens with two attached hydrogens (primary N) is 1. The van der Waals surface area contributed by atoms with E-state index in [0.717, 1.165) is 77.4 Å². The van der Waals surface area contributed by atoms with Crippen molar-refractivity contribution in [3.63, 3.8) is 0 Å². The van der Waals surface area contributed by atoms with Crippen LogP contribution in [0.15, 0.2) is 54.6 Å². The molecule has 0 spiro atoms. The highest BCUT2D eigenvalue weighted by atomic mass is 16.5. The highest BCUT2D eigenvalue weighted by Crippen LogP contribution is 2.41. The van der Waals surface area contributed by atoms with Crippen LogP contribution in [0.1, 0.15) is 38.5 Å². The molecule has 3 N–H and O–H groups in total. The lowest BCUT2D eigenvalue weighted by atomic mass is 9.95. The van der Waals surface area contributed by atoms with Crippen molar-refractivity contribution >= 4 is 33.4 Å². The Morgan fingerprint density at radius 1 is 0.977 bits per heavy atom. The van der Waals surface area contributed by atoms with Crippen LogP contribution in [-0.4, -0.2) is 87.7 Å². The van der Waals surface area contributed by atoms with Gasteiger partial charge in [-0.25, -0.2) is 0 Å². The van der Waals surface area contributed by atoms with Crippen LogP contribution < -0.4 is 15.4 Å². The number of phenolic OH excluding ortho intramolecular Hbond substituents is 1. The number of nitrogens with zero attached hydrogens (tertiary/aromatic N) is 5. The molecule has 2 unspecified atom stereocenters. The van der Waals surface area contributed by atoms with Crippen LogP contribution in [0.2, 0.25) is 0 Å². The minimum atomic E-state index is 0.0311. The Morgan fingerprint density at radius 2 is 1.74 bits per heavy atom. The summed E-state index contributed by atoms with van der Waals surface area (Å²) in [5.41, 5.74) is 8.60. The number of fused-ring (bicyclic) bond motifs is 5. The molecular formula is C34H38N6O3. The van der Waals surface area contributed by atoms with Gasteiger partial charge in [-0.2, -0.15) is 9.97 Å². The van der Waals surface area contributed by atoms with E-state index in [1.807, 2.05) is 29.2 Å². The number of ether oxygens (including phenoxy) is 1. The Balaban J connectivity index is 1.20. The van der Waals surface area contributed by atoms with Gasteiger partial charge in [0, 0.05) is 30.6 Å². The Bertz CT molecular complexity index is 1700. The average Bonchev–Trinajstić information content (AvgIpc) is 3.69. The zero-order valence-corrected chi connectivity index (χ0v) is 24.4. The summed E-state index contributed by atoms with van der Waals surface area (Å²) in [5, 5.41) is 13.6. The number of hydrogen-bond donors (Lipinski definition) is 2. The second-order valence-corrected chi connectivity index (χ2v) is 12.8. The van der Waals surface area contributed by atoms with Crippen molar-refractivity contribution in [1.82, 2.24) is 19.8 Å². The number of carbonyl (C=O) groups is 1. The van der Waals surface area contributed by atoms with Crippen LogP contribution in [0, 0.1) is 0 Å². The van der Waals surface area contributed by atoms with E-state index in [-0.39, 0.29) is 35.8 Å². The number of hydrogen-bond acceptors (Lipinski definition) is 8. The molecule has 1 aromatic heterocycles. The molecule has 4 aromatic rings. The zero-order chi connectivity index (χ0) is 29.1. The second-order valence-electron chi connectivity index (χ2n) is 12.8. The lowest BCUT2D eigenvalue weighted by Crippen LogP contribution is -2.57. The van der Waals surface area contributed by atoms with Crippen molar-refractivity contribution in [3.05, 3.63) is 54.6 Å². The molecule has 2 bridgehead atoms. The number of rotatable bonds is 6. The fourth-order valence-electron chi connectivity index (χ4n) is 8.35. The van der Waals surface area contributed by atoms with E-state index >= 15 is 0 Å². The van der Waals surface area contributed by atoms with Crippen LogP contribution in [0.3, 0.4) is 0 Å². The largest absolute Gasteiger partial charge is 0.508 e. The van der Waals surface area contributed by atoms with Crippen molar-refractivity contribution in [1.29, 1.82) is 0 Å². The second kappa shape index (κ2) is 10.3. The van der Waals surface area contributed by atoms with E-state index in [0.29, 0.717) is 25.7 Å². The Kier molecular flexibility index (Phi) is 6.42. The summed E-state index contributed by atoms with van der Waals surface area (Å²) in [6.45, 7) is 4.35. The summed E-state index contributed by atoms with van der Waals surface area (Å²) in [5.74, 6) is 1.12. The fraction of sp³-hybridized carbons (Fsp3) is 0.441. The lowest BCUT2D eigenvalue weighted by Gasteiger charge is -2.41. The summed E-state index contributed by atoms with van der Waals surface area (Å²) in [4.78, 5) is 29.6. The number of benzene rings is 3. The van der Waals surface area contributed by atoms with Crippen LogP contribution in [-0.2, 0) is 4.79 Å². The standard InChI is InChI=1S/C34H38N6O3/c35-18-31(42)40-24-8-9-25(40)20-38(19-24)32-28-10-7-23(29-17-26(41)15-22-5-1-2-6-27(22)29)16-30(28)36-33(37-32)43-21-34-11-3-13-39(34)14-4-12-34/h1-2,5-7,10,15-17,24-25,41H,3-4,8-9,11-14,18-21,35H2. The van der Waals surface area contributed by atoms with Gasteiger partial charge in [0.2, 0.25) is 5.91 Å². The first-order valence-corrected chi connectivity index (χ1v) is 15.7. The number of aromatic nitrogens is 2. The molecule has 4 aliphatic heterocycles. The van der Waals surface area contributed by atoms with Gasteiger partial charge in [0.05, 0.1) is 17.6 Å². The molecule has 1 amide bonds. The Labute approximate surface area is 251 Å². The summed E-state index contributed by atoms with van der Waals surface area (Å²) in [6, 6.07) is 18.7. The summed E-state index contributed by atoms with van der Waals surface area (Å²) in [7, 11) is 0. The maximum atomic E-state index is 12.6. The number of amides is 1. The zero-order valence-electron chi connectivity index (χ0n) is 24.4. The van der Waals surface area contributed by atoms with Crippen LogP contribution >= 0.6 is 0 Å². The molecule has 43 heavy (non-hydrogen) atoms. The highest BCUT2D eigenvalue weighted by molar-refractivity contribution is 6.01. The molecule has 4 fully saturated rings. The molecular weight excluding hydrogens is 540 g/mol. The van der Waals surface area contributed by atoms with E-state index in [1.165, 1.54) is 12.8 Å². The molecule has 2 atom stereocenters. The maximum Gasteiger partial charge on any atom is 0.319 e. The molecule has 222 valence electrons. The molecule has 0 aliphatic carbocycles. The number of piperazine rings is 1. The third kappa shape index (κ3) is 4.48. The monoisotopic (exact) mass is 578 g/mol. The first kappa shape index (κ1) is 26.7. The lowest BCUT2D eigenvalue weighted by molar-refractivity contribution is -0.133. The van der Waals surface area contributed by atoms with Crippen molar-refractivity contribution in [2.24, 2.45) is 5.73 Å². The number of carbonyl (C=O) groups excluding carboxylic acids is 1. The van der Waals surface area contributed by atoms with Crippen molar-refractivity contribution in [2.75, 3.05) is 44.2 Å². The molecule has 9 nitrogen and oxygen atoms in total. The molecule has 0 radical (unpaired) electrons. The summed E-state index contributed by atoms with van der Waals surface area (Å²) >= 11 is 0. The van der Waals surface area contributed by atoms with E-state index < -0.39 is 0 Å². The summed E-state index contributed by atoms with van der Waals surface area (Å²) < 4.78 is 6.50. The SMILES string of the molecule is NCC(=O)N1C2CCC1CN(c1nc(OCC34CCCN3CCC4)nc3cc(-c4cc(O)cc5ccccc45)ccc13)C2. The van der Waals surface area contributed by atoms with Crippen LogP contribution in [0.25, 0.3) is 32.8 Å². The first-order chi connectivity index (χ1) is 21.0. The van der Waals surface area contributed by atoms with E-state index in [9.17, 15) is 9.90 Å². The molecule has 8 rings (SSSR count). The normalized spacial score (nSPS) is 22.9. The molecule has 3 aromatic carbocycles. The Hall–Kier alpha value is -3.95. The van der Waals surface area contributed by atoms with Crippen molar-refractivity contribution < 1.29 is 14.6 Å². The highest BCUT2D eigenvalue weighted by Gasteiger charge is 2.45. The van der Waals surface area contributed by atoms with Gasteiger partial charge in [0.25, 0.3) is 0 Å². The maximum absolute atomic E-state index is 12.6. The third-order valence-electron chi connectivity index (χ3n) is 10.3. The van der Waals surface area contributed by atoms with Gasteiger partial charge in [-0.15, -0.1) is 0 Å². The van der Waals surface area contributed by atoms with Gasteiger partial charge in [-0.3, -0.25) is 9.69 Å². The van der Waals surface area contributed by atoms with E-state index in [2.05, 4.69) is 34.1 Å². The predicted molar refractivity (Wildman–Crippen MR) is 167 cm³/mol. The van der Waals surface area contributed by atoms with E-state index in [1.54, 1.807) is 6.07 Å². The van der Waals surface area contributed by atoms with E-state index in [4.69, 9.17) is 20.4 Å². The van der Waals surface area contributed by atoms with Gasteiger partial charge in [0.15, 0.2) is 0 Å². The molecule has 9 heteroatoms. The molecule has 5 heterocycles. The Morgan fingerprint density at radius 3 is 2.51 bits per heavy atom. The smallest absolute Gasteiger partial charge is 0.319 e. The minimum absolute atomic E-state index is 0.0311. The van der Waals surface area contributed by atoms with Gasteiger partial charge in [0.1, 0.15) is 18.2 Å². The van der Waals surface area contributed by atoms with Gasteiger partial charge >= 0.3 is 6.01 Å². The molecule has 4 aliphatic rings. The molecule has 4 saturated heterocycles. The third-order valence-corrected chi connectivity index (χ3v) is 10.3. The minimum Gasteiger partial charge on any atom is -0.508 e. The van der Waals surface area contributed by atoms with Gasteiger partial charge < -0.3 is 25.4 Å². The molecule has 0 saturated carbocycles. The average molecular weight is 579 g/mol. The predicted octanol–water partition coefficient (Wildman–Crippen LogP) is 4.30. The topological polar surface area (TPSA) is 108 Å². The van der Waals surface area contributed by atoms with Crippen molar-refractivity contribution in [2.45, 2.75) is 56.1 Å². The van der Waals surface area contributed by atoms with Gasteiger partial charge in [-0.05, 0) is 97.8 Å². The van der Waals surface area contributed by atoms with Crippen LogP contribution in [0.4, 0.5) is 5.82 Å². The number of phenols is 1. The number of anilines is 1. The summed E-state index contributed by atoms with van der Waals surface area (Å²) in [6.07, 6.45) is 6.69. The number of aromatic hydroxyl groups is 1. The quantitative estimate of drug-likeness (QED) is 0.349. The van der Waals surface area contributed by atoms with Crippen molar-refractivity contribution in [3.8, 4) is 22.9 Å². The first-order valence-electron chi connectivity index (χ1n) is 15.7. The van der Waals surface area contributed by atoms with Gasteiger partial charge in [-0.1, -0.05) is 30.3 Å². The van der Waals surface area contributed by atoms with Crippen LogP contribution in [0.5, 0.6) is 11.8 Å².